The van der Waals surface area contributed by atoms with Crippen LogP contribution >= 0.6 is 0 Å². The van der Waals surface area contributed by atoms with Crippen LogP contribution in [-0.4, -0.2) is 0 Å². The molecule has 0 amide bonds. The summed E-state index contributed by atoms with van der Waals surface area (Å²) in [7, 11) is 0. The first-order valence-corrected chi connectivity index (χ1v) is 9.18. The molecule has 2 atom stereocenters. The lowest BCUT2D eigenvalue weighted by atomic mass is 9.50. The Hall–Kier alpha value is -1.30. The maximum Gasteiger partial charge on any atom is 0.0278 e. The number of allylic oxidation sites excluding steroid dienone is 2. The van der Waals surface area contributed by atoms with Crippen molar-refractivity contribution < 1.29 is 0 Å². The maximum absolute atomic E-state index is 4.02. The summed E-state index contributed by atoms with van der Waals surface area (Å²) in [5, 5.41) is 0. The number of hydrogen-bond donors (Lipinski definition) is 0. The molecule has 0 aliphatic heterocycles. The van der Waals surface area contributed by atoms with Gasteiger partial charge >= 0.3 is 0 Å². The Labute approximate surface area is 142 Å². The predicted octanol–water partition coefficient (Wildman–Crippen LogP) is 6.35. The summed E-state index contributed by atoms with van der Waals surface area (Å²) in [6.07, 6.45) is 10.7. The largest absolute Gasteiger partial charge is 0.102 e. The van der Waals surface area contributed by atoms with Crippen molar-refractivity contribution in [2.75, 3.05) is 0 Å². The molecule has 0 unspecified atom stereocenters. The zero-order valence-electron chi connectivity index (χ0n) is 15.4. The summed E-state index contributed by atoms with van der Waals surface area (Å²) >= 11 is 0. The van der Waals surface area contributed by atoms with Crippen molar-refractivity contribution >= 4 is 0 Å². The SMILES string of the molecule is C=CC(C)(C=C)c1ccc2c(c1)CC[C@H]1C(C)(C)CCC[C@]21C. The quantitative estimate of drug-likeness (QED) is 0.571. The molecule has 1 aromatic rings. The van der Waals surface area contributed by atoms with Crippen LogP contribution in [0.25, 0.3) is 0 Å². The molecule has 1 aromatic carbocycles. The molecule has 0 saturated heterocycles. The first-order valence-electron chi connectivity index (χ1n) is 9.18. The highest BCUT2D eigenvalue weighted by Gasteiger charge is 2.49. The van der Waals surface area contributed by atoms with E-state index in [9.17, 15) is 0 Å². The van der Waals surface area contributed by atoms with E-state index in [-0.39, 0.29) is 5.41 Å². The lowest BCUT2D eigenvalue weighted by molar-refractivity contribution is 0.0407. The van der Waals surface area contributed by atoms with E-state index in [1.807, 2.05) is 12.2 Å². The normalized spacial score (nSPS) is 29.3. The third-order valence-electron chi connectivity index (χ3n) is 7.12. The minimum Gasteiger partial charge on any atom is -0.102 e. The van der Waals surface area contributed by atoms with Gasteiger partial charge in [0.15, 0.2) is 0 Å². The molecule has 0 N–H and O–H groups in total. The van der Waals surface area contributed by atoms with Crippen LogP contribution in [0.1, 0.15) is 70.1 Å². The second-order valence-corrected chi connectivity index (χ2v) is 8.91. The van der Waals surface area contributed by atoms with Crippen molar-refractivity contribution in [2.24, 2.45) is 11.3 Å². The molecule has 0 radical (unpaired) electrons. The summed E-state index contributed by atoms with van der Waals surface area (Å²) in [4.78, 5) is 0. The Morgan fingerprint density at radius 1 is 1.13 bits per heavy atom. The standard InChI is InChI=1S/C23H32/c1-7-22(5,8-2)18-11-12-19-17(16-18)10-13-20-21(3,4)14-9-15-23(19,20)6/h7-8,11-12,16,20H,1-2,9-10,13-15H2,3-6H3/t20-,23+/m0/s1. The van der Waals surface area contributed by atoms with E-state index in [4.69, 9.17) is 0 Å². The summed E-state index contributed by atoms with van der Waals surface area (Å²) < 4.78 is 0. The Kier molecular flexibility index (Phi) is 3.86. The van der Waals surface area contributed by atoms with Gasteiger partial charge in [-0.15, -0.1) is 13.2 Å². The second kappa shape index (κ2) is 5.36. The molecule has 124 valence electrons. The van der Waals surface area contributed by atoms with Gasteiger partial charge in [0.25, 0.3) is 0 Å². The fourth-order valence-electron chi connectivity index (χ4n) is 5.47. The average molecular weight is 309 g/mol. The zero-order chi connectivity index (χ0) is 16.9. The molecule has 2 aliphatic carbocycles. The topological polar surface area (TPSA) is 0 Å². The number of fused-ring (bicyclic) bond motifs is 3. The highest BCUT2D eigenvalue weighted by atomic mass is 14.5. The molecular formula is C23H32. The number of benzene rings is 1. The van der Waals surface area contributed by atoms with Crippen LogP contribution in [0.5, 0.6) is 0 Å². The van der Waals surface area contributed by atoms with Gasteiger partial charge in [0.1, 0.15) is 0 Å². The molecule has 2 aliphatic rings. The van der Waals surface area contributed by atoms with Gasteiger partial charge in [-0.25, -0.2) is 0 Å². The molecule has 1 fully saturated rings. The molecule has 1 saturated carbocycles. The summed E-state index contributed by atoms with van der Waals surface area (Å²) in [5.74, 6) is 0.812. The predicted molar refractivity (Wildman–Crippen MR) is 101 cm³/mol. The van der Waals surface area contributed by atoms with E-state index in [1.54, 1.807) is 11.1 Å². The van der Waals surface area contributed by atoms with Gasteiger partial charge in [-0.2, -0.15) is 0 Å². The number of aryl methyl sites for hydroxylation is 1. The molecule has 0 nitrogen and oxygen atoms in total. The third-order valence-corrected chi connectivity index (χ3v) is 7.12. The van der Waals surface area contributed by atoms with Crippen LogP contribution in [0.3, 0.4) is 0 Å². The summed E-state index contributed by atoms with van der Waals surface area (Å²) in [6, 6.07) is 7.17. The molecule has 0 aromatic heterocycles. The number of hydrogen-bond acceptors (Lipinski definition) is 0. The Morgan fingerprint density at radius 3 is 2.48 bits per heavy atom. The molecule has 0 bridgehead atoms. The van der Waals surface area contributed by atoms with E-state index >= 15 is 0 Å². The van der Waals surface area contributed by atoms with Crippen LogP contribution in [0.4, 0.5) is 0 Å². The van der Waals surface area contributed by atoms with Gasteiger partial charge in [-0.05, 0) is 66.0 Å². The molecule has 3 rings (SSSR count). The van der Waals surface area contributed by atoms with Crippen molar-refractivity contribution in [2.45, 2.75) is 70.6 Å². The van der Waals surface area contributed by atoms with Gasteiger partial charge in [-0.1, -0.05) is 57.5 Å². The molecule has 0 spiro atoms. The lowest BCUT2D eigenvalue weighted by Gasteiger charge is -2.54. The zero-order valence-corrected chi connectivity index (χ0v) is 15.4. The van der Waals surface area contributed by atoms with Crippen molar-refractivity contribution in [3.63, 3.8) is 0 Å². The van der Waals surface area contributed by atoms with Gasteiger partial charge in [0.2, 0.25) is 0 Å². The summed E-state index contributed by atoms with van der Waals surface area (Å²) in [5.41, 5.74) is 5.21. The molecule has 23 heavy (non-hydrogen) atoms. The smallest absolute Gasteiger partial charge is 0.0278 e. The molecular weight excluding hydrogens is 276 g/mol. The van der Waals surface area contributed by atoms with Crippen molar-refractivity contribution in [1.29, 1.82) is 0 Å². The lowest BCUT2D eigenvalue weighted by Crippen LogP contribution is -2.47. The van der Waals surface area contributed by atoms with Crippen molar-refractivity contribution in [3.05, 3.63) is 60.2 Å². The van der Waals surface area contributed by atoms with E-state index in [0.29, 0.717) is 10.8 Å². The first kappa shape index (κ1) is 16.6. The number of rotatable bonds is 3. The Bertz CT molecular complexity index is 625. The summed E-state index contributed by atoms with van der Waals surface area (Å²) in [6.45, 7) is 17.7. The van der Waals surface area contributed by atoms with Crippen molar-refractivity contribution in [3.8, 4) is 0 Å². The van der Waals surface area contributed by atoms with Gasteiger partial charge in [0, 0.05) is 5.41 Å². The molecule has 0 heteroatoms. The second-order valence-electron chi connectivity index (χ2n) is 8.91. The average Bonchev–Trinajstić information content (AvgIpc) is 2.53. The Morgan fingerprint density at radius 2 is 1.83 bits per heavy atom. The fourth-order valence-corrected chi connectivity index (χ4v) is 5.47. The minimum atomic E-state index is -0.126. The molecule has 0 heterocycles. The third kappa shape index (κ3) is 2.42. The monoisotopic (exact) mass is 308 g/mol. The highest BCUT2D eigenvalue weighted by molar-refractivity contribution is 5.45. The van der Waals surface area contributed by atoms with Gasteiger partial charge in [-0.3, -0.25) is 0 Å². The van der Waals surface area contributed by atoms with Crippen LogP contribution in [-0.2, 0) is 17.3 Å². The first-order chi connectivity index (χ1) is 10.8. The van der Waals surface area contributed by atoms with Crippen LogP contribution in [0.2, 0.25) is 0 Å². The van der Waals surface area contributed by atoms with E-state index in [0.717, 1.165) is 5.92 Å². The van der Waals surface area contributed by atoms with Crippen LogP contribution in [0, 0.1) is 11.3 Å². The fraction of sp³-hybridized carbons (Fsp3) is 0.565. The maximum atomic E-state index is 4.02. The van der Waals surface area contributed by atoms with Crippen molar-refractivity contribution in [1.82, 2.24) is 0 Å². The minimum absolute atomic E-state index is 0.126. The van der Waals surface area contributed by atoms with Gasteiger partial charge in [0.05, 0.1) is 0 Å². The van der Waals surface area contributed by atoms with E-state index in [2.05, 4.69) is 59.1 Å². The van der Waals surface area contributed by atoms with Crippen LogP contribution in [0.15, 0.2) is 43.5 Å². The van der Waals surface area contributed by atoms with Crippen LogP contribution < -0.4 is 0 Å². The van der Waals surface area contributed by atoms with E-state index in [1.165, 1.54) is 37.7 Å². The Balaban J connectivity index is 2.07. The highest BCUT2D eigenvalue weighted by Crippen LogP contribution is 2.57. The van der Waals surface area contributed by atoms with Gasteiger partial charge < -0.3 is 0 Å². The van der Waals surface area contributed by atoms with E-state index < -0.39 is 0 Å².